The Hall–Kier alpha value is -2.70. The third-order valence-corrected chi connectivity index (χ3v) is 4.68. The van der Waals surface area contributed by atoms with Gasteiger partial charge >= 0.3 is 0 Å². The van der Waals surface area contributed by atoms with Crippen LogP contribution in [-0.2, 0) is 4.79 Å². The van der Waals surface area contributed by atoms with Crippen molar-refractivity contribution in [1.29, 1.82) is 0 Å². The van der Waals surface area contributed by atoms with E-state index < -0.39 is 0 Å². The molecule has 1 atom stereocenters. The molecule has 2 aliphatic heterocycles. The minimum Gasteiger partial charge on any atom is -0.342 e. The van der Waals surface area contributed by atoms with Gasteiger partial charge in [0.05, 0.1) is 5.56 Å². The number of anilines is 2. The van der Waals surface area contributed by atoms with Gasteiger partial charge in [-0.3, -0.25) is 19.6 Å². The Balaban J connectivity index is 1.78. The van der Waals surface area contributed by atoms with Crippen molar-refractivity contribution in [3.8, 4) is 0 Å². The van der Waals surface area contributed by atoms with Crippen LogP contribution in [0, 0.1) is 0 Å². The van der Waals surface area contributed by atoms with Gasteiger partial charge in [0, 0.05) is 37.8 Å². The van der Waals surface area contributed by atoms with Gasteiger partial charge in [-0.2, -0.15) is 4.98 Å². The van der Waals surface area contributed by atoms with E-state index in [2.05, 4.69) is 25.2 Å². The molecule has 0 saturated carbocycles. The van der Waals surface area contributed by atoms with Crippen molar-refractivity contribution in [2.75, 3.05) is 23.3 Å². The maximum Gasteiger partial charge on any atom is 0.258 e. The van der Waals surface area contributed by atoms with Crippen molar-refractivity contribution >= 4 is 17.7 Å². The summed E-state index contributed by atoms with van der Waals surface area (Å²) in [4.78, 5) is 38.5. The lowest BCUT2D eigenvalue weighted by Gasteiger charge is -2.29. The van der Waals surface area contributed by atoms with E-state index in [1.165, 1.54) is 6.42 Å². The summed E-state index contributed by atoms with van der Waals surface area (Å²) in [5, 5.41) is 2.76. The van der Waals surface area contributed by atoms with Gasteiger partial charge in [0.1, 0.15) is 5.82 Å². The molecule has 1 amide bonds. The van der Waals surface area contributed by atoms with E-state index in [1.54, 1.807) is 12.4 Å². The number of fused-ring (bicyclic) bond motifs is 1. The fourth-order valence-electron chi connectivity index (χ4n) is 3.48. The number of piperidine rings is 1. The zero-order chi connectivity index (χ0) is 16.5. The van der Waals surface area contributed by atoms with Crippen LogP contribution in [-0.4, -0.2) is 33.9 Å². The normalized spacial score (nSPS) is 20.4. The number of aromatic nitrogens is 3. The van der Waals surface area contributed by atoms with Gasteiger partial charge in [0.15, 0.2) is 0 Å². The zero-order valence-corrected chi connectivity index (χ0v) is 13.3. The third-order valence-electron chi connectivity index (χ3n) is 4.68. The predicted molar refractivity (Wildman–Crippen MR) is 90.2 cm³/mol. The molecule has 2 aromatic rings. The molecule has 4 heterocycles. The molecule has 4 rings (SSSR count). The van der Waals surface area contributed by atoms with E-state index >= 15 is 0 Å². The molecule has 24 heavy (non-hydrogen) atoms. The average molecular weight is 325 g/mol. The minimum atomic E-state index is -0.311. The second-order valence-electron chi connectivity index (χ2n) is 6.29. The Bertz CT molecular complexity index is 811. The van der Waals surface area contributed by atoms with Gasteiger partial charge in [-0.05, 0) is 30.9 Å². The highest BCUT2D eigenvalue weighted by atomic mass is 16.2. The van der Waals surface area contributed by atoms with E-state index in [4.69, 9.17) is 0 Å². The van der Waals surface area contributed by atoms with Crippen LogP contribution in [0.3, 0.4) is 0 Å². The van der Waals surface area contributed by atoms with Crippen LogP contribution >= 0.6 is 0 Å². The monoisotopic (exact) mass is 325 g/mol. The summed E-state index contributed by atoms with van der Waals surface area (Å²) in [5.41, 5.74) is 1.18. The topological polar surface area (TPSA) is 91.0 Å². The van der Waals surface area contributed by atoms with Gasteiger partial charge in [-0.1, -0.05) is 6.07 Å². The van der Waals surface area contributed by atoms with Gasteiger partial charge in [-0.15, -0.1) is 0 Å². The predicted octanol–water partition coefficient (Wildman–Crippen LogP) is 1.63. The van der Waals surface area contributed by atoms with Crippen LogP contribution in [0.4, 0.5) is 11.8 Å². The quantitative estimate of drug-likeness (QED) is 0.876. The van der Waals surface area contributed by atoms with Crippen molar-refractivity contribution in [1.82, 2.24) is 15.0 Å². The highest BCUT2D eigenvalue weighted by Gasteiger charge is 2.31. The van der Waals surface area contributed by atoms with Gasteiger partial charge in [0.2, 0.25) is 11.9 Å². The molecule has 0 bridgehead atoms. The average Bonchev–Trinajstić information content (AvgIpc) is 2.62. The lowest BCUT2D eigenvalue weighted by atomic mass is 9.88. The SMILES string of the molecule is O=C1C[C@H](c2cccnc2)c2c(nc(N3CCCCC3)[nH]c2=O)N1. The zero-order valence-electron chi connectivity index (χ0n) is 13.3. The first kappa shape index (κ1) is 14.9. The number of nitrogens with one attached hydrogen (secondary N) is 2. The molecule has 0 aromatic carbocycles. The Morgan fingerprint density at radius 1 is 1.17 bits per heavy atom. The maximum absolute atomic E-state index is 12.7. The van der Waals surface area contributed by atoms with E-state index in [9.17, 15) is 9.59 Å². The Kier molecular flexibility index (Phi) is 3.76. The summed E-state index contributed by atoms with van der Waals surface area (Å²) in [6.07, 6.45) is 6.98. The van der Waals surface area contributed by atoms with Crippen molar-refractivity contribution in [3.63, 3.8) is 0 Å². The number of hydrogen-bond donors (Lipinski definition) is 2. The summed E-state index contributed by atoms with van der Waals surface area (Å²) >= 11 is 0. The number of aromatic amines is 1. The number of H-pyrrole nitrogens is 1. The highest BCUT2D eigenvalue weighted by molar-refractivity contribution is 5.94. The molecule has 7 nitrogen and oxygen atoms in total. The smallest absolute Gasteiger partial charge is 0.258 e. The third kappa shape index (κ3) is 2.66. The van der Waals surface area contributed by atoms with Crippen molar-refractivity contribution in [3.05, 3.63) is 46.0 Å². The number of rotatable bonds is 2. The van der Waals surface area contributed by atoms with Crippen LogP contribution in [0.5, 0.6) is 0 Å². The molecule has 1 saturated heterocycles. The largest absolute Gasteiger partial charge is 0.342 e. The van der Waals surface area contributed by atoms with Crippen molar-refractivity contribution in [2.24, 2.45) is 0 Å². The summed E-state index contributed by atoms with van der Waals surface area (Å²) in [6.45, 7) is 1.75. The van der Waals surface area contributed by atoms with Crippen LogP contribution in [0.15, 0.2) is 29.3 Å². The second kappa shape index (κ2) is 6.07. The molecule has 2 aliphatic rings. The van der Waals surface area contributed by atoms with Crippen molar-refractivity contribution in [2.45, 2.75) is 31.6 Å². The number of amides is 1. The summed E-state index contributed by atoms with van der Waals surface area (Å²) in [6, 6.07) is 3.70. The number of pyridine rings is 1. The lowest BCUT2D eigenvalue weighted by molar-refractivity contribution is -0.116. The first-order valence-electron chi connectivity index (χ1n) is 8.31. The molecule has 1 fully saturated rings. The number of carbonyl (C=O) groups is 1. The van der Waals surface area contributed by atoms with Crippen LogP contribution in [0.1, 0.15) is 42.7 Å². The molecular formula is C17H19N5O2. The van der Waals surface area contributed by atoms with Crippen LogP contribution < -0.4 is 15.8 Å². The Morgan fingerprint density at radius 3 is 2.75 bits per heavy atom. The molecule has 7 heteroatoms. The van der Waals surface area contributed by atoms with Gasteiger partial charge < -0.3 is 10.2 Å². The summed E-state index contributed by atoms with van der Waals surface area (Å²) < 4.78 is 0. The number of hydrogen-bond acceptors (Lipinski definition) is 5. The minimum absolute atomic E-state index is 0.126. The lowest BCUT2D eigenvalue weighted by Crippen LogP contribution is -2.36. The number of nitrogens with zero attached hydrogens (tertiary/aromatic N) is 3. The highest BCUT2D eigenvalue weighted by Crippen LogP contribution is 2.34. The van der Waals surface area contributed by atoms with Gasteiger partial charge in [-0.25, -0.2) is 0 Å². The van der Waals surface area contributed by atoms with E-state index in [-0.39, 0.29) is 23.8 Å². The standard InChI is InChI=1S/C17H19N5O2/c23-13-9-12(11-5-4-6-18-10-11)14-15(19-13)20-17(21-16(14)24)22-7-2-1-3-8-22/h4-6,10,12H,1-3,7-9H2,(H2,19,20,21,23,24)/t12-/m1/s1. The Labute approximate surface area is 139 Å². The fraction of sp³-hybridized carbons (Fsp3) is 0.412. The first-order chi connectivity index (χ1) is 11.7. The Morgan fingerprint density at radius 2 is 2.00 bits per heavy atom. The molecule has 0 radical (unpaired) electrons. The fourth-order valence-corrected chi connectivity index (χ4v) is 3.48. The molecule has 0 unspecified atom stereocenters. The molecule has 2 N–H and O–H groups in total. The van der Waals surface area contributed by atoms with E-state index in [0.717, 1.165) is 31.5 Å². The van der Waals surface area contributed by atoms with E-state index in [0.29, 0.717) is 17.3 Å². The molecular weight excluding hydrogens is 306 g/mol. The second-order valence-corrected chi connectivity index (χ2v) is 6.29. The van der Waals surface area contributed by atoms with Crippen molar-refractivity contribution < 1.29 is 4.79 Å². The molecule has 2 aromatic heterocycles. The maximum atomic E-state index is 12.7. The molecule has 0 spiro atoms. The van der Waals surface area contributed by atoms with Crippen LogP contribution in [0.25, 0.3) is 0 Å². The number of carbonyl (C=O) groups excluding carboxylic acids is 1. The first-order valence-corrected chi connectivity index (χ1v) is 8.31. The molecule has 124 valence electrons. The van der Waals surface area contributed by atoms with Crippen LogP contribution in [0.2, 0.25) is 0 Å². The van der Waals surface area contributed by atoms with E-state index in [1.807, 2.05) is 12.1 Å². The van der Waals surface area contributed by atoms with Gasteiger partial charge in [0.25, 0.3) is 5.56 Å². The molecule has 0 aliphatic carbocycles. The summed E-state index contributed by atoms with van der Waals surface area (Å²) in [5.74, 6) is 0.489. The summed E-state index contributed by atoms with van der Waals surface area (Å²) in [7, 11) is 0.